The third-order valence-electron chi connectivity index (χ3n) is 1.29. The van der Waals surface area contributed by atoms with Crippen molar-refractivity contribution in [3.8, 4) is 5.75 Å². The quantitative estimate of drug-likeness (QED) is 0.635. The molecule has 11 heavy (non-hydrogen) atoms. The number of benzene rings is 1. The number of aromatic carboxylic acids is 1. The van der Waals surface area contributed by atoms with Crippen molar-refractivity contribution >= 4 is 5.97 Å². The molecule has 1 radical (unpaired) electrons. The molecule has 0 saturated heterocycles. The van der Waals surface area contributed by atoms with Crippen molar-refractivity contribution in [2.45, 2.75) is 0 Å². The minimum absolute atomic E-state index is 0.113. The molecule has 3 nitrogen and oxygen atoms in total. The van der Waals surface area contributed by atoms with E-state index in [2.05, 4.69) is 6.92 Å². The molecule has 0 saturated carbocycles. The Labute approximate surface area is 63.9 Å². The van der Waals surface area contributed by atoms with Crippen LogP contribution in [-0.4, -0.2) is 16.2 Å². The highest BCUT2D eigenvalue weighted by atomic mass is 16.4. The highest BCUT2D eigenvalue weighted by Gasteiger charge is 2.07. The first-order valence-electron chi connectivity index (χ1n) is 2.99. The summed E-state index contributed by atoms with van der Waals surface area (Å²) in [4.78, 5) is 10.4. The molecular formula is C8H7O3. The maximum Gasteiger partial charge on any atom is 0.339 e. The van der Waals surface area contributed by atoms with Crippen molar-refractivity contribution in [1.29, 1.82) is 0 Å². The molecule has 1 aromatic rings. The normalized spacial score (nSPS) is 9.55. The third kappa shape index (κ3) is 1.49. The van der Waals surface area contributed by atoms with E-state index in [0.29, 0.717) is 5.56 Å². The van der Waals surface area contributed by atoms with E-state index in [9.17, 15) is 4.79 Å². The second-order valence-electron chi connectivity index (χ2n) is 2.16. The topological polar surface area (TPSA) is 57.5 Å². The maximum absolute atomic E-state index is 10.4. The molecule has 3 heteroatoms. The largest absolute Gasteiger partial charge is 0.507 e. The Morgan fingerprint density at radius 2 is 2.09 bits per heavy atom. The summed E-state index contributed by atoms with van der Waals surface area (Å²) < 4.78 is 0. The van der Waals surface area contributed by atoms with E-state index in [0.717, 1.165) is 0 Å². The third-order valence-corrected chi connectivity index (χ3v) is 1.29. The summed E-state index contributed by atoms with van der Waals surface area (Å²) in [6, 6.07) is 4.17. The lowest BCUT2D eigenvalue weighted by Crippen LogP contribution is -1.96. The number of aromatic hydroxyl groups is 1. The van der Waals surface area contributed by atoms with Gasteiger partial charge in [0.1, 0.15) is 11.3 Å². The molecule has 0 fully saturated rings. The number of rotatable bonds is 1. The van der Waals surface area contributed by atoms with Crippen LogP contribution >= 0.6 is 0 Å². The number of hydrogen-bond acceptors (Lipinski definition) is 2. The monoisotopic (exact) mass is 151 g/mol. The molecule has 57 valence electrons. The van der Waals surface area contributed by atoms with Gasteiger partial charge in [0.25, 0.3) is 0 Å². The fourth-order valence-electron chi connectivity index (χ4n) is 0.754. The van der Waals surface area contributed by atoms with Crippen LogP contribution in [0.15, 0.2) is 18.2 Å². The lowest BCUT2D eigenvalue weighted by molar-refractivity contribution is 0.0693. The SMILES string of the molecule is [CH2]c1ccc(O)c(C(=O)O)c1. The van der Waals surface area contributed by atoms with Gasteiger partial charge in [-0.3, -0.25) is 0 Å². The van der Waals surface area contributed by atoms with Crippen molar-refractivity contribution in [3.05, 3.63) is 36.2 Å². The van der Waals surface area contributed by atoms with E-state index in [1.807, 2.05) is 0 Å². The smallest absolute Gasteiger partial charge is 0.339 e. The first-order valence-corrected chi connectivity index (χ1v) is 2.99. The molecule has 0 aliphatic heterocycles. The van der Waals surface area contributed by atoms with Gasteiger partial charge in [0.15, 0.2) is 0 Å². The van der Waals surface area contributed by atoms with Crippen LogP contribution in [-0.2, 0) is 0 Å². The summed E-state index contributed by atoms with van der Waals surface area (Å²) in [6.45, 7) is 3.53. The van der Waals surface area contributed by atoms with Crippen LogP contribution in [0.1, 0.15) is 15.9 Å². The van der Waals surface area contributed by atoms with Gasteiger partial charge in [-0.05, 0) is 24.6 Å². The number of carboxylic acids is 1. The molecule has 0 bridgehead atoms. The summed E-state index contributed by atoms with van der Waals surface area (Å²) in [7, 11) is 0. The van der Waals surface area contributed by atoms with Crippen LogP contribution in [0.25, 0.3) is 0 Å². The fourth-order valence-corrected chi connectivity index (χ4v) is 0.754. The van der Waals surface area contributed by atoms with E-state index in [4.69, 9.17) is 10.2 Å². The Hall–Kier alpha value is -1.51. The van der Waals surface area contributed by atoms with Crippen LogP contribution in [0, 0.1) is 6.92 Å². The van der Waals surface area contributed by atoms with Crippen LogP contribution in [0.3, 0.4) is 0 Å². The lowest BCUT2D eigenvalue weighted by atomic mass is 10.1. The number of carboxylic acid groups (broad SMARTS) is 1. The molecule has 0 aliphatic rings. The van der Waals surface area contributed by atoms with E-state index >= 15 is 0 Å². The predicted octanol–water partition coefficient (Wildman–Crippen LogP) is 1.27. The minimum Gasteiger partial charge on any atom is -0.507 e. The predicted molar refractivity (Wildman–Crippen MR) is 39.5 cm³/mol. The van der Waals surface area contributed by atoms with Crippen molar-refractivity contribution < 1.29 is 15.0 Å². The fraction of sp³-hybridized carbons (Fsp3) is 0. The zero-order valence-electron chi connectivity index (χ0n) is 5.74. The summed E-state index contributed by atoms with van der Waals surface area (Å²) in [6.07, 6.45) is 0. The van der Waals surface area contributed by atoms with Crippen molar-refractivity contribution in [2.75, 3.05) is 0 Å². The van der Waals surface area contributed by atoms with Crippen LogP contribution in [0.5, 0.6) is 5.75 Å². The van der Waals surface area contributed by atoms with Crippen molar-refractivity contribution in [1.82, 2.24) is 0 Å². The van der Waals surface area contributed by atoms with E-state index in [1.54, 1.807) is 6.07 Å². The molecule has 0 aromatic heterocycles. The Balaban J connectivity index is 3.23. The number of hydrogen-bond donors (Lipinski definition) is 2. The first kappa shape index (κ1) is 7.60. The van der Waals surface area contributed by atoms with Gasteiger partial charge in [-0.15, -0.1) is 0 Å². The average molecular weight is 151 g/mol. The molecule has 0 spiro atoms. The van der Waals surface area contributed by atoms with E-state index < -0.39 is 5.97 Å². The van der Waals surface area contributed by atoms with Gasteiger partial charge in [0.05, 0.1) is 0 Å². The molecule has 0 atom stereocenters. The molecule has 2 N–H and O–H groups in total. The van der Waals surface area contributed by atoms with Gasteiger partial charge in [-0.2, -0.15) is 0 Å². The Bertz CT molecular complexity index is 291. The number of phenols is 1. The van der Waals surface area contributed by atoms with Crippen LogP contribution < -0.4 is 0 Å². The molecular weight excluding hydrogens is 144 g/mol. The molecule has 0 heterocycles. The van der Waals surface area contributed by atoms with E-state index in [1.165, 1.54) is 12.1 Å². The standard InChI is InChI=1S/C8H7O3/c1-5-2-3-7(9)6(4-5)8(10)11/h2-4,9H,1H2,(H,10,11). The van der Waals surface area contributed by atoms with Gasteiger partial charge < -0.3 is 10.2 Å². The molecule has 0 aliphatic carbocycles. The Morgan fingerprint density at radius 1 is 1.45 bits per heavy atom. The maximum atomic E-state index is 10.4. The summed E-state index contributed by atoms with van der Waals surface area (Å²) in [5, 5.41) is 17.5. The van der Waals surface area contributed by atoms with Gasteiger partial charge in [-0.1, -0.05) is 6.07 Å². The van der Waals surface area contributed by atoms with Gasteiger partial charge in [0.2, 0.25) is 0 Å². The average Bonchev–Trinajstić information content (AvgIpc) is 1.94. The van der Waals surface area contributed by atoms with Crippen molar-refractivity contribution in [2.24, 2.45) is 0 Å². The first-order chi connectivity index (χ1) is 5.11. The molecule has 1 aromatic carbocycles. The van der Waals surface area contributed by atoms with Gasteiger partial charge in [0, 0.05) is 0 Å². The zero-order valence-corrected chi connectivity index (χ0v) is 5.74. The Kier molecular flexibility index (Phi) is 1.81. The number of carbonyl (C=O) groups is 1. The van der Waals surface area contributed by atoms with Gasteiger partial charge >= 0.3 is 5.97 Å². The molecule has 0 amide bonds. The van der Waals surface area contributed by atoms with E-state index in [-0.39, 0.29) is 11.3 Å². The van der Waals surface area contributed by atoms with Crippen LogP contribution in [0.4, 0.5) is 0 Å². The van der Waals surface area contributed by atoms with Crippen molar-refractivity contribution in [3.63, 3.8) is 0 Å². The highest BCUT2D eigenvalue weighted by Crippen LogP contribution is 2.17. The molecule has 0 unspecified atom stereocenters. The minimum atomic E-state index is -1.15. The highest BCUT2D eigenvalue weighted by molar-refractivity contribution is 5.90. The summed E-state index contributed by atoms with van der Waals surface area (Å²) >= 11 is 0. The van der Waals surface area contributed by atoms with Crippen LogP contribution in [0.2, 0.25) is 0 Å². The lowest BCUT2D eigenvalue weighted by Gasteiger charge is -1.98. The second kappa shape index (κ2) is 2.62. The molecule has 1 rings (SSSR count). The summed E-state index contributed by atoms with van der Waals surface area (Å²) in [5.41, 5.74) is 0.456. The second-order valence-corrected chi connectivity index (χ2v) is 2.16. The zero-order chi connectivity index (χ0) is 8.43. The Morgan fingerprint density at radius 3 is 2.55 bits per heavy atom. The van der Waals surface area contributed by atoms with Gasteiger partial charge in [-0.25, -0.2) is 4.79 Å². The summed E-state index contributed by atoms with van der Waals surface area (Å²) in [5.74, 6) is -1.38.